The van der Waals surface area contributed by atoms with Crippen LogP contribution in [0.2, 0.25) is 0 Å². The summed E-state index contributed by atoms with van der Waals surface area (Å²) < 4.78 is 0. The summed E-state index contributed by atoms with van der Waals surface area (Å²) in [5, 5.41) is 0. The maximum Gasteiger partial charge on any atom is 0.0748 e. The fourth-order valence-corrected chi connectivity index (χ4v) is 2.94. The first-order valence-electron chi connectivity index (χ1n) is 7.53. The first-order chi connectivity index (χ1) is 10.3. The Kier molecular flexibility index (Phi) is 4.08. The van der Waals surface area contributed by atoms with Gasteiger partial charge in [0, 0.05) is 5.56 Å². The van der Waals surface area contributed by atoms with E-state index in [1.54, 1.807) is 0 Å². The van der Waals surface area contributed by atoms with Crippen molar-refractivity contribution in [3.05, 3.63) is 71.8 Å². The fraction of sp³-hybridized carbons (Fsp3) is 0.300. The molecular formula is C20H21N. The van der Waals surface area contributed by atoms with Gasteiger partial charge in [0.15, 0.2) is 0 Å². The maximum atomic E-state index is 3.47. The van der Waals surface area contributed by atoms with Crippen molar-refractivity contribution in [1.29, 1.82) is 0 Å². The molecule has 2 aromatic carbocycles. The summed E-state index contributed by atoms with van der Waals surface area (Å²) in [4.78, 5) is 2.25. The standard InChI is InChI=1S/C20H21N/c1-21(2)20(14-13-16-9-5-3-6-10-16)19-15-18(19)17-11-7-4-8-12-17/h3-12,18-20H,15H2,1-2H3/t18-,19+,20+/m1/s1. The van der Waals surface area contributed by atoms with Crippen LogP contribution >= 0.6 is 0 Å². The summed E-state index contributed by atoms with van der Waals surface area (Å²) in [6.45, 7) is 0. The van der Waals surface area contributed by atoms with E-state index in [1.807, 2.05) is 18.2 Å². The highest BCUT2D eigenvalue weighted by Gasteiger charge is 2.44. The molecular weight excluding hydrogens is 254 g/mol. The van der Waals surface area contributed by atoms with Gasteiger partial charge in [0.05, 0.1) is 6.04 Å². The van der Waals surface area contributed by atoms with Gasteiger partial charge in [0.25, 0.3) is 0 Å². The minimum Gasteiger partial charge on any atom is -0.296 e. The van der Waals surface area contributed by atoms with Crippen molar-refractivity contribution in [2.45, 2.75) is 18.4 Å². The van der Waals surface area contributed by atoms with Crippen LogP contribution in [-0.2, 0) is 0 Å². The van der Waals surface area contributed by atoms with Gasteiger partial charge in [0.2, 0.25) is 0 Å². The Labute approximate surface area is 127 Å². The molecule has 0 saturated heterocycles. The number of rotatable bonds is 3. The van der Waals surface area contributed by atoms with Crippen LogP contribution in [0.3, 0.4) is 0 Å². The van der Waals surface area contributed by atoms with E-state index in [9.17, 15) is 0 Å². The molecule has 0 aliphatic heterocycles. The largest absolute Gasteiger partial charge is 0.296 e. The number of benzene rings is 2. The van der Waals surface area contributed by atoms with Crippen LogP contribution in [0.4, 0.5) is 0 Å². The van der Waals surface area contributed by atoms with Crippen molar-refractivity contribution in [2.75, 3.05) is 14.1 Å². The Bertz CT molecular complexity index is 634. The average Bonchev–Trinajstić information content (AvgIpc) is 3.29. The topological polar surface area (TPSA) is 3.24 Å². The third-order valence-corrected chi connectivity index (χ3v) is 4.17. The van der Waals surface area contributed by atoms with E-state index < -0.39 is 0 Å². The number of hydrogen-bond acceptors (Lipinski definition) is 1. The zero-order valence-corrected chi connectivity index (χ0v) is 12.7. The molecule has 1 fully saturated rings. The average molecular weight is 275 g/mol. The van der Waals surface area contributed by atoms with Gasteiger partial charge in [-0.15, -0.1) is 0 Å². The van der Waals surface area contributed by atoms with E-state index in [4.69, 9.17) is 0 Å². The van der Waals surface area contributed by atoms with Gasteiger partial charge < -0.3 is 0 Å². The molecule has 2 aromatic rings. The highest BCUT2D eigenvalue weighted by Crippen LogP contribution is 2.50. The van der Waals surface area contributed by atoms with E-state index in [2.05, 4.69) is 73.3 Å². The lowest BCUT2D eigenvalue weighted by atomic mass is 10.0. The summed E-state index contributed by atoms with van der Waals surface area (Å²) in [5.41, 5.74) is 2.55. The third-order valence-electron chi connectivity index (χ3n) is 4.17. The highest BCUT2D eigenvalue weighted by atomic mass is 15.1. The Morgan fingerprint density at radius 2 is 1.57 bits per heavy atom. The lowest BCUT2D eigenvalue weighted by Gasteiger charge is -2.19. The van der Waals surface area contributed by atoms with Crippen LogP contribution in [0.1, 0.15) is 23.5 Å². The zero-order chi connectivity index (χ0) is 14.7. The second-order valence-corrected chi connectivity index (χ2v) is 5.96. The monoisotopic (exact) mass is 275 g/mol. The van der Waals surface area contributed by atoms with E-state index >= 15 is 0 Å². The number of hydrogen-bond donors (Lipinski definition) is 0. The van der Waals surface area contributed by atoms with Gasteiger partial charge in [-0.1, -0.05) is 60.4 Å². The summed E-state index contributed by atoms with van der Waals surface area (Å²) in [6, 6.07) is 21.4. The van der Waals surface area contributed by atoms with Crippen molar-refractivity contribution in [3.63, 3.8) is 0 Å². The smallest absolute Gasteiger partial charge is 0.0748 e. The summed E-state index contributed by atoms with van der Waals surface area (Å²) in [6.07, 6.45) is 1.25. The Balaban J connectivity index is 1.74. The molecule has 0 amide bonds. The molecule has 0 aromatic heterocycles. The molecule has 106 valence electrons. The van der Waals surface area contributed by atoms with Gasteiger partial charge in [-0.25, -0.2) is 0 Å². The molecule has 1 heteroatoms. The van der Waals surface area contributed by atoms with Crippen LogP contribution in [0.5, 0.6) is 0 Å². The Morgan fingerprint density at radius 3 is 2.19 bits per heavy atom. The van der Waals surface area contributed by atoms with Gasteiger partial charge in [0.1, 0.15) is 0 Å². The molecule has 0 N–H and O–H groups in total. The van der Waals surface area contributed by atoms with Crippen molar-refractivity contribution >= 4 is 0 Å². The van der Waals surface area contributed by atoms with Gasteiger partial charge in [-0.2, -0.15) is 0 Å². The van der Waals surface area contributed by atoms with E-state index in [0.717, 1.165) is 5.56 Å². The first-order valence-corrected chi connectivity index (χ1v) is 7.53. The summed E-state index contributed by atoms with van der Waals surface area (Å²) >= 11 is 0. The molecule has 0 radical (unpaired) electrons. The molecule has 1 aliphatic rings. The molecule has 1 aliphatic carbocycles. The lowest BCUT2D eigenvalue weighted by molar-refractivity contribution is 0.321. The maximum absolute atomic E-state index is 3.47. The van der Waals surface area contributed by atoms with Gasteiger partial charge in [-0.05, 0) is 50.0 Å². The second kappa shape index (κ2) is 6.16. The first kappa shape index (κ1) is 13.9. The Hall–Kier alpha value is -2.04. The zero-order valence-electron chi connectivity index (χ0n) is 12.7. The minimum absolute atomic E-state index is 0.329. The molecule has 3 atom stereocenters. The van der Waals surface area contributed by atoms with E-state index in [-0.39, 0.29) is 0 Å². The Morgan fingerprint density at radius 1 is 0.952 bits per heavy atom. The third kappa shape index (κ3) is 3.35. The van der Waals surface area contributed by atoms with Crippen LogP contribution in [-0.4, -0.2) is 25.0 Å². The molecule has 3 rings (SSSR count). The predicted molar refractivity (Wildman–Crippen MR) is 88.1 cm³/mol. The van der Waals surface area contributed by atoms with Crippen LogP contribution in [0.15, 0.2) is 60.7 Å². The molecule has 1 nitrogen and oxygen atoms in total. The van der Waals surface area contributed by atoms with Crippen LogP contribution in [0, 0.1) is 17.8 Å². The van der Waals surface area contributed by atoms with Crippen molar-refractivity contribution in [2.24, 2.45) is 5.92 Å². The molecule has 1 saturated carbocycles. The normalized spacial score (nSPS) is 21.5. The molecule has 0 spiro atoms. The minimum atomic E-state index is 0.329. The quantitative estimate of drug-likeness (QED) is 0.771. The molecule has 0 bridgehead atoms. The van der Waals surface area contributed by atoms with E-state index in [1.165, 1.54) is 12.0 Å². The lowest BCUT2D eigenvalue weighted by Crippen LogP contribution is -2.29. The van der Waals surface area contributed by atoms with Crippen molar-refractivity contribution < 1.29 is 0 Å². The van der Waals surface area contributed by atoms with Crippen LogP contribution in [0.25, 0.3) is 0 Å². The van der Waals surface area contributed by atoms with Crippen LogP contribution < -0.4 is 0 Å². The predicted octanol–water partition coefficient (Wildman–Crippen LogP) is 3.77. The van der Waals surface area contributed by atoms with Crippen molar-refractivity contribution in [3.8, 4) is 11.8 Å². The number of nitrogens with zero attached hydrogens (tertiary/aromatic N) is 1. The van der Waals surface area contributed by atoms with Crippen molar-refractivity contribution in [1.82, 2.24) is 4.90 Å². The highest BCUT2D eigenvalue weighted by molar-refractivity contribution is 5.37. The molecule has 0 heterocycles. The molecule has 21 heavy (non-hydrogen) atoms. The van der Waals surface area contributed by atoms with Gasteiger partial charge in [-0.3, -0.25) is 4.90 Å². The van der Waals surface area contributed by atoms with Gasteiger partial charge >= 0.3 is 0 Å². The molecule has 0 unspecified atom stereocenters. The van der Waals surface area contributed by atoms with E-state index in [0.29, 0.717) is 17.9 Å². The second-order valence-electron chi connectivity index (χ2n) is 5.96. The summed E-state index contributed by atoms with van der Waals surface area (Å²) in [5.74, 6) is 8.12. The fourth-order valence-electron chi connectivity index (χ4n) is 2.94. The SMILES string of the molecule is CN(C)[C@@H](C#Cc1ccccc1)[C@H]1C[C@@H]1c1ccccc1. The summed E-state index contributed by atoms with van der Waals surface area (Å²) in [7, 11) is 4.26.